The van der Waals surface area contributed by atoms with Crippen LogP contribution in [0.2, 0.25) is 0 Å². The molecule has 2 fully saturated rings. The molecule has 2 aliphatic carbocycles. The number of carbonyl (C=O) groups is 1. The number of nitrogens with zero attached hydrogens (tertiary/aromatic N) is 1. The Hall–Kier alpha value is -2.77. The molecule has 31 heavy (non-hydrogen) atoms. The first-order valence-corrected chi connectivity index (χ1v) is 11.2. The van der Waals surface area contributed by atoms with E-state index in [1.807, 2.05) is 12.1 Å². The van der Waals surface area contributed by atoms with Gasteiger partial charge in [-0.3, -0.25) is 10.2 Å². The lowest BCUT2D eigenvalue weighted by Gasteiger charge is -2.26. The molecule has 0 aliphatic heterocycles. The summed E-state index contributed by atoms with van der Waals surface area (Å²) in [5, 5.41) is 3.51. The number of rotatable bonds is 7. The van der Waals surface area contributed by atoms with E-state index in [1.54, 1.807) is 24.3 Å². The van der Waals surface area contributed by atoms with Crippen LogP contribution in [0.5, 0.6) is 0 Å². The average Bonchev–Trinajstić information content (AvgIpc) is 3.40. The Kier molecular flexibility index (Phi) is 5.70. The summed E-state index contributed by atoms with van der Waals surface area (Å²) in [6.45, 7) is 0.667. The summed E-state index contributed by atoms with van der Waals surface area (Å²) in [5.74, 6) is -0.123. The van der Waals surface area contributed by atoms with E-state index < -0.39 is 0 Å². The number of carbonyl (C=O) groups excluding carboxylic acids is 1. The Balaban J connectivity index is 1.34. The summed E-state index contributed by atoms with van der Waals surface area (Å²) in [5.41, 5.74) is 8.87. The predicted octanol–water partition coefficient (Wildman–Crippen LogP) is 4.19. The van der Waals surface area contributed by atoms with Crippen LogP contribution in [0.3, 0.4) is 0 Å². The summed E-state index contributed by atoms with van der Waals surface area (Å²) < 4.78 is 14.9. The first-order valence-electron chi connectivity index (χ1n) is 11.2. The molecule has 3 aromatic rings. The molecule has 0 spiro atoms. The molecule has 2 aromatic carbocycles. The van der Waals surface area contributed by atoms with Gasteiger partial charge in [0.1, 0.15) is 17.2 Å². The molecule has 0 unspecified atom stereocenters. The Labute approximate surface area is 181 Å². The summed E-state index contributed by atoms with van der Waals surface area (Å²) in [7, 11) is 0. The largest absolute Gasteiger partial charge is 0.338 e. The lowest BCUT2D eigenvalue weighted by Crippen LogP contribution is -2.47. The number of aromatic amines is 1. The highest BCUT2D eigenvalue weighted by molar-refractivity contribution is 6.05. The lowest BCUT2D eigenvalue weighted by molar-refractivity contribution is 0.0915. The molecule has 1 aromatic heterocycles. The Morgan fingerprint density at radius 2 is 1.87 bits per heavy atom. The number of hydrazine groups is 1. The zero-order valence-electron chi connectivity index (χ0n) is 17.5. The number of para-hydroxylation sites is 1. The number of aromatic nitrogens is 2. The third-order valence-corrected chi connectivity index (χ3v) is 6.49. The van der Waals surface area contributed by atoms with Crippen molar-refractivity contribution < 1.29 is 9.18 Å². The number of nitrogens with one attached hydrogen (secondary N) is 4. The zero-order chi connectivity index (χ0) is 21.2. The molecule has 2 aliphatic rings. The van der Waals surface area contributed by atoms with Gasteiger partial charge < -0.3 is 10.3 Å². The van der Waals surface area contributed by atoms with Crippen molar-refractivity contribution >= 4 is 16.9 Å². The van der Waals surface area contributed by atoms with Crippen LogP contribution in [0.25, 0.3) is 22.4 Å². The molecule has 6 nitrogen and oxygen atoms in total. The van der Waals surface area contributed by atoms with Gasteiger partial charge in [0.25, 0.3) is 5.91 Å². The van der Waals surface area contributed by atoms with Crippen molar-refractivity contribution in [2.24, 2.45) is 0 Å². The second-order valence-corrected chi connectivity index (χ2v) is 8.69. The zero-order valence-corrected chi connectivity index (χ0v) is 17.5. The number of fused-ring (bicyclic) bond motifs is 1. The first kappa shape index (κ1) is 20.2. The monoisotopic (exact) mass is 421 g/mol. The van der Waals surface area contributed by atoms with Crippen LogP contribution in [0.4, 0.5) is 4.39 Å². The van der Waals surface area contributed by atoms with Crippen LogP contribution in [0, 0.1) is 5.82 Å². The van der Waals surface area contributed by atoms with Crippen LogP contribution >= 0.6 is 0 Å². The van der Waals surface area contributed by atoms with Gasteiger partial charge in [-0.25, -0.2) is 14.8 Å². The number of benzene rings is 2. The van der Waals surface area contributed by atoms with Gasteiger partial charge in [0.05, 0.1) is 16.6 Å². The standard InChI is InChI=1S/C24H28FN5O/c25-20-13-15(14-26-16-5-1-2-6-16)11-12-18(20)23-27-21-10-4-9-19(22(21)28-23)24(31)30-29-17-7-3-8-17/h4,9-13,16-17,26,29H,1-3,5-8,14H2,(H,27,28)(H,30,31). The third-order valence-electron chi connectivity index (χ3n) is 6.49. The van der Waals surface area contributed by atoms with E-state index in [-0.39, 0.29) is 11.7 Å². The van der Waals surface area contributed by atoms with Crippen molar-refractivity contribution in [3.05, 3.63) is 53.3 Å². The van der Waals surface area contributed by atoms with Crippen molar-refractivity contribution in [2.45, 2.75) is 63.6 Å². The molecule has 0 radical (unpaired) electrons. The molecule has 1 heterocycles. The predicted molar refractivity (Wildman–Crippen MR) is 119 cm³/mol. The fourth-order valence-corrected chi connectivity index (χ4v) is 4.38. The molecule has 0 atom stereocenters. The fraction of sp³-hybridized carbons (Fsp3) is 0.417. The summed E-state index contributed by atoms with van der Waals surface area (Å²) >= 11 is 0. The molecule has 7 heteroatoms. The van der Waals surface area contributed by atoms with Crippen LogP contribution in [0.15, 0.2) is 36.4 Å². The van der Waals surface area contributed by atoms with Gasteiger partial charge in [-0.15, -0.1) is 0 Å². The van der Waals surface area contributed by atoms with Gasteiger partial charge in [0.2, 0.25) is 0 Å². The molecule has 4 N–H and O–H groups in total. The van der Waals surface area contributed by atoms with Crippen molar-refractivity contribution in [3.8, 4) is 11.4 Å². The second-order valence-electron chi connectivity index (χ2n) is 8.69. The van der Waals surface area contributed by atoms with Crippen molar-refractivity contribution in [1.29, 1.82) is 0 Å². The Morgan fingerprint density at radius 3 is 2.61 bits per heavy atom. The van der Waals surface area contributed by atoms with E-state index >= 15 is 0 Å². The quantitative estimate of drug-likeness (QED) is 0.431. The summed E-state index contributed by atoms with van der Waals surface area (Å²) in [6, 6.07) is 11.5. The highest BCUT2D eigenvalue weighted by Gasteiger charge is 2.20. The molecule has 2 saturated carbocycles. The van der Waals surface area contributed by atoms with Crippen molar-refractivity contribution in [3.63, 3.8) is 0 Å². The minimum absolute atomic E-state index is 0.232. The maximum Gasteiger partial charge on any atom is 0.267 e. The van der Waals surface area contributed by atoms with Crippen LogP contribution in [-0.4, -0.2) is 28.0 Å². The van der Waals surface area contributed by atoms with Gasteiger partial charge in [-0.05, 0) is 55.5 Å². The van der Waals surface area contributed by atoms with Gasteiger partial charge in [-0.2, -0.15) is 0 Å². The van der Waals surface area contributed by atoms with E-state index in [2.05, 4.69) is 26.1 Å². The SMILES string of the molecule is O=C(NNC1CCC1)c1cccc2[nH]c(-c3ccc(CNC4CCCC4)cc3F)nc12. The number of imidazole rings is 1. The summed E-state index contributed by atoms with van der Waals surface area (Å²) in [6.07, 6.45) is 8.27. The Bertz CT molecular complexity index is 1080. The minimum Gasteiger partial charge on any atom is -0.338 e. The van der Waals surface area contributed by atoms with Gasteiger partial charge in [0, 0.05) is 18.6 Å². The van der Waals surface area contributed by atoms with Gasteiger partial charge in [-0.1, -0.05) is 31.4 Å². The van der Waals surface area contributed by atoms with E-state index in [1.165, 1.54) is 32.1 Å². The Morgan fingerprint density at radius 1 is 1.06 bits per heavy atom. The van der Waals surface area contributed by atoms with Crippen LogP contribution in [-0.2, 0) is 6.54 Å². The fourth-order valence-electron chi connectivity index (χ4n) is 4.38. The molecule has 1 amide bonds. The molecular formula is C24H28FN5O. The average molecular weight is 422 g/mol. The smallest absolute Gasteiger partial charge is 0.267 e. The summed E-state index contributed by atoms with van der Waals surface area (Å²) in [4.78, 5) is 20.4. The second kappa shape index (κ2) is 8.77. The molecular weight excluding hydrogens is 393 g/mol. The third kappa shape index (κ3) is 4.34. The highest BCUT2D eigenvalue weighted by Crippen LogP contribution is 2.26. The first-order chi connectivity index (χ1) is 15.2. The maximum atomic E-state index is 14.9. The minimum atomic E-state index is -0.317. The van der Waals surface area contributed by atoms with Crippen LogP contribution in [0.1, 0.15) is 60.9 Å². The number of halogens is 1. The highest BCUT2D eigenvalue weighted by atomic mass is 19.1. The van der Waals surface area contributed by atoms with E-state index in [4.69, 9.17) is 0 Å². The topological polar surface area (TPSA) is 81.8 Å². The molecule has 0 saturated heterocycles. The van der Waals surface area contributed by atoms with E-state index in [0.717, 1.165) is 18.4 Å². The number of hydrogen-bond acceptors (Lipinski definition) is 4. The van der Waals surface area contributed by atoms with E-state index in [0.29, 0.717) is 46.6 Å². The lowest BCUT2D eigenvalue weighted by atomic mass is 9.94. The molecule has 0 bridgehead atoms. The molecule has 162 valence electrons. The normalized spacial score (nSPS) is 17.2. The number of hydrogen-bond donors (Lipinski definition) is 4. The number of H-pyrrole nitrogens is 1. The van der Waals surface area contributed by atoms with E-state index in [9.17, 15) is 9.18 Å². The number of amides is 1. The van der Waals surface area contributed by atoms with Crippen LogP contribution < -0.4 is 16.2 Å². The van der Waals surface area contributed by atoms with Crippen molar-refractivity contribution in [1.82, 2.24) is 26.1 Å². The molecule has 5 rings (SSSR count). The van der Waals surface area contributed by atoms with Gasteiger partial charge >= 0.3 is 0 Å². The maximum absolute atomic E-state index is 14.9. The van der Waals surface area contributed by atoms with Crippen molar-refractivity contribution in [2.75, 3.05) is 0 Å². The van der Waals surface area contributed by atoms with Gasteiger partial charge in [0.15, 0.2) is 0 Å².